The van der Waals surface area contributed by atoms with Crippen LogP contribution in [0.1, 0.15) is 2.74 Å². The number of carbonyl (C=O) groups excluding carboxylic acids is 2. The van der Waals surface area contributed by atoms with Gasteiger partial charge in [-0.1, -0.05) is 0 Å². The van der Waals surface area contributed by atoms with Crippen molar-refractivity contribution in [3.63, 3.8) is 0 Å². The number of morpholine rings is 1. The van der Waals surface area contributed by atoms with Crippen LogP contribution >= 0.6 is 0 Å². The summed E-state index contributed by atoms with van der Waals surface area (Å²) in [6.07, 6.45) is 0. The zero-order valence-corrected chi connectivity index (χ0v) is 3.93. The summed E-state index contributed by atoms with van der Waals surface area (Å²) >= 11 is 0. The van der Waals surface area contributed by atoms with Crippen LogP contribution in [0, 0.1) is 0 Å². The van der Waals surface area contributed by atoms with E-state index in [9.17, 15) is 9.59 Å². The summed E-state index contributed by atoms with van der Waals surface area (Å²) in [6.45, 7) is -2.76. The Labute approximate surface area is 48.6 Å². The number of nitrogens with one attached hydrogen (secondary N) is 1. The lowest BCUT2D eigenvalue weighted by Crippen LogP contribution is -2.41. The molecule has 44 valence electrons. The van der Waals surface area contributed by atoms with Crippen molar-refractivity contribution in [2.24, 2.45) is 0 Å². The maximum Gasteiger partial charge on any atom is 0.252 e. The number of carbonyl (C=O) groups is 2. The molecule has 0 saturated carbocycles. The predicted octanol–water partition coefficient (Wildman–Crippen LogP) is -1.34. The first-order valence-electron chi connectivity index (χ1n) is 3.00. The van der Waals surface area contributed by atoms with Crippen molar-refractivity contribution in [1.29, 1.82) is 0 Å². The van der Waals surface area contributed by atoms with Gasteiger partial charge in [0.15, 0.2) is 0 Å². The van der Waals surface area contributed by atoms with Crippen LogP contribution in [0.4, 0.5) is 0 Å². The molecule has 0 aromatic carbocycles. The molecule has 4 nitrogen and oxygen atoms in total. The first-order chi connectivity index (χ1) is 4.52. The normalized spacial score (nSPS) is 30.5. The van der Waals surface area contributed by atoms with Gasteiger partial charge in [0.05, 0.1) is 2.74 Å². The molecule has 0 bridgehead atoms. The molecule has 2 amide bonds. The van der Waals surface area contributed by atoms with Gasteiger partial charge in [-0.05, 0) is 0 Å². The van der Waals surface area contributed by atoms with Crippen molar-refractivity contribution >= 4 is 11.8 Å². The van der Waals surface area contributed by atoms with Gasteiger partial charge in [-0.2, -0.15) is 0 Å². The van der Waals surface area contributed by atoms with Gasteiger partial charge in [0.25, 0.3) is 11.8 Å². The molecule has 0 spiro atoms. The van der Waals surface area contributed by atoms with Crippen molar-refractivity contribution in [1.82, 2.24) is 5.32 Å². The molecule has 0 aliphatic carbocycles. The van der Waals surface area contributed by atoms with Crippen LogP contribution in [0.5, 0.6) is 0 Å². The molecule has 1 saturated heterocycles. The zero-order valence-electron chi connectivity index (χ0n) is 5.93. The van der Waals surface area contributed by atoms with E-state index in [2.05, 4.69) is 4.74 Å². The minimum atomic E-state index is -2.35. The van der Waals surface area contributed by atoms with Crippen LogP contribution in [0.3, 0.4) is 0 Å². The van der Waals surface area contributed by atoms with Gasteiger partial charge in [0.2, 0.25) is 0 Å². The summed E-state index contributed by atoms with van der Waals surface area (Å²) in [6, 6.07) is 0. The van der Waals surface area contributed by atoms with Gasteiger partial charge in [0.1, 0.15) is 13.2 Å². The number of hydrogen-bond donors (Lipinski definition) is 1. The maximum atomic E-state index is 10.5. The molecule has 0 aromatic rings. The van der Waals surface area contributed by atoms with Crippen LogP contribution in [0.25, 0.3) is 0 Å². The topological polar surface area (TPSA) is 55.4 Å². The second-order valence-corrected chi connectivity index (χ2v) is 1.27. The van der Waals surface area contributed by atoms with Gasteiger partial charge >= 0.3 is 0 Å². The summed E-state index contributed by atoms with van der Waals surface area (Å²) in [5.41, 5.74) is 0. The highest BCUT2D eigenvalue weighted by atomic mass is 16.5. The Kier molecular flexibility index (Phi) is 0.764. The standard InChI is InChI=1S/C4H5NO3/c6-3-1-8-2-4(7)5-3/h1-2H2,(H,5,6,7)/i1D2. The monoisotopic (exact) mass is 117 g/mol. The van der Waals surface area contributed by atoms with E-state index in [0.717, 1.165) is 0 Å². The number of rotatable bonds is 0. The Balaban J connectivity index is 2.70. The quantitative estimate of drug-likeness (QED) is 0.399. The third kappa shape index (κ3) is 1.04. The molecule has 0 aromatic heterocycles. The molecule has 0 unspecified atom stereocenters. The second-order valence-electron chi connectivity index (χ2n) is 1.27. The highest BCUT2D eigenvalue weighted by Gasteiger charge is 2.13. The van der Waals surface area contributed by atoms with Crippen LogP contribution in [0.2, 0.25) is 0 Å². The van der Waals surface area contributed by atoms with Crippen LogP contribution in [-0.2, 0) is 14.3 Å². The Hall–Kier alpha value is -0.900. The van der Waals surface area contributed by atoms with Gasteiger partial charge in [-0.3, -0.25) is 14.9 Å². The van der Waals surface area contributed by atoms with E-state index in [1.807, 2.05) is 0 Å². The molecule has 0 atom stereocenters. The van der Waals surface area contributed by atoms with E-state index in [4.69, 9.17) is 2.74 Å². The molecular formula is C4H5NO3. The molecular weight excluding hydrogens is 110 g/mol. The van der Waals surface area contributed by atoms with Crippen LogP contribution in [0.15, 0.2) is 0 Å². The average molecular weight is 117 g/mol. The minimum Gasteiger partial charge on any atom is -0.362 e. The van der Waals surface area contributed by atoms with Crippen molar-refractivity contribution in [3.8, 4) is 0 Å². The van der Waals surface area contributed by atoms with Crippen LogP contribution < -0.4 is 5.32 Å². The van der Waals surface area contributed by atoms with E-state index < -0.39 is 25.0 Å². The smallest absolute Gasteiger partial charge is 0.252 e. The summed E-state index contributed by atoms with van der Waals surface area (Å²) in [5.74, 6) is -1.65. The first kappa shape index (κ1) is 3.19. The summed E-state index contributed by atoms with van der Waals surface area (Å²) in [7, 11) is 0. The average Bonchev–Trinajstić information content (AvgIpc) is 1.81. The molecule has 0 radical (unpaired) electrons. The molecule has 1 N–H and O–H groups in total. The third-order valence-electron chi connectivity index (χ3n) is 0.621. The lowest BCUT2D eigenvalue weighted by molar-refractivity contribution is -0.142. The van der Waals surface area contributed by atoms with E-state index in [1.54, 1.807) is 5.32 Å². The van der Waals surface area contributed by atoms with Gasteiger partial charge < -0.3 is 4.74 Å². The second kappa shape index (κ2) is 1.92. The minimum absolute atomic E-state index is 0.404. The van der Waals surface area contributed by atoms with E-state index in [0.29, 0.717) is 0 Å². The Bertz CT molecular complexity index is 191. The predicted molar refractivity (Wildman–Crippen MR) is 24.0 cm³/mol. The first-order valence-corrected chi connectivity index (χ1v) is 2.00. The molecule has 1 rings (SSSR count). The molecule has 1 aliphatic heterocycles. The third-order valence-corrected chi connectivity index (χ3v) is 0.621. The van der Waals surface area contributed by atoms with E-state index in [1.165, 1.54) is 0 Å². The van der Waals surface area contributed by atoms with Crippen molar-refractivity contribution in [2.45, 2.75) is 0 Å². The number of amides is 2. The molecule has 1 aliphatic rings. The lowest BCUT2D eigenvalue weighted by Gasteiger charge is -2.09. The summed E-state index contributed by atoms with van der Waals surface area (Å²) in [4.78, 5) is 20.8. The van der Waals surface area contributed by atoms with E-state index >= 15 is 0 Å². The Morgan fingerprint density at radius 2 is 2.38 bits per heavy atom. The Morgan fingerprint density at radius 3 is 2.88 bits per heavy atom. The molecule has 8 heavy (non-hydrogen) atoms. The number of hydrogen-bond acceptors (Lipinski definition) is 3. The fourth-order valence-corrected chi connectivity index (χ4v) is 0.355. The molecule has 4 heteroatoms. The van der Waals surface area contributed by atoms with Crippen LogP contribution in [-0.4, -0.2) is 25.0 Å². The molecule has 1 heterocycles. The maximum absolute atomic E-state index is 10.5. The highest BCUT2D eigenvalue weighted by molar-refractivity contribution is 5.98. The fraction of sp³-hybridized carbons (Fsp3) is 0.500. The van der Waals surface area contributed by atoms with Crippen molar-refractivity contribution < 1.29 is 17.1 Å². The number of ether oxygens (including phenoxy) is 1. The SMILES string of the molecule is [2H]C1([2H])OCC(=O)NC1=O. The lowest BCUT2D eigenvalue weighted by atomic mass is 10.5. The van der Waals surface area contributed by atoms with Gasteiger partial charge in [-0.25, -0.2) is 0 Å². The number of imide groups is 1. The largest absolute Gasteiger partial charge is 0.362 e. The summed E-state index contributed by atoms with van der Waals surface area (Å²) < 4.78 is 17.9. The van der Waals surface area contributed by atoms with Gasteiger partial charge in [0, 0.05) is 0 Å². The highest BCUT2D eigenvalue weighted by Crippen LogP contribution is 1.82. The molecule has 1 fully saturated rings. The van der Waals surface area contributed by atoms with Crippen molar-refractivity contribution in [2.75, 3.05) is 13.2 Å². The fourth-order valence-electron chi connectivity index (χ4n) is 0.355. The zero-order chi connectivity index (χ0) is 7.78. The van der Waals surface area contributed by atoms with Gasteiger partial charge in [-0.15, -0.1) is 0 Å². The Morgan fingerprint density at radius 1 is 1.62 bits per heavy atom. The van der Waals surface area contributed by atoms with Crippen molar-refractivity contribution in [3.05, 3.63) is 0 Å². The summed E-state index contributed by atoms with van der Waals surface area (Å²) in [5, 5.41) is 1.79. The van der Waals surface area contributed by atoms with E-state index in [-0.39, 0.29) is 0 Å².